The molecule has 0 aliphatic carbocycles. The third-order valence-corrected chi connectivity index (χ3v) is 2.22. The number of halogens is 1. The van der Waals surface area contributed by atoms with E-state index in [1.54, 1.807) is 0 Å². The van der Waals surface area contributed by atoms with Crippen molar-refractivity contribution in [3.63, 3.8) is 0 Å². The molecule has 0 fully saturated rings. The minimum Gasteiger partial charge on any atom is -0.338 e. The molecule has 0 saturated heterocycles. The van der Waals surface area contributed by atoms with Crippen molar-refractivity contribution < 1.29 is 12.9 Å². The molecule has 0 spiro atoms. The van der Waals surface area contributed by atoms with Crippen LogP contribution in [0.4, 0.5) is 0 Å². The lowest BCUT2D eigenvalue weighted by molar-refractivity contribution is 0.381. The molecule has 1 heterocycles. The maximum absolute atomic E-state index is 10.6. The Labute approximate surface area is 80.5 Å². The molecular formula is C6H9ClN2O3S. The van der Waals surface area contributed by atoms with E-state index < -0.39 is 14.8 Å². The summed E-state index contributed by atoms with van der Waals surface area (Å²) in [4.78, 5) is 3.85. The molecule has 0 aliphatic rings. The van der Waals surface area contributed by atoms with Crippen LogP contribution >= 0.6 is 10.7 Å². The molecule has 0 N–H and O–H groups in total. The smallest absolute Gasteiger partial charge is 0.243 e. The first-order valence-electron chi connectivity index (χ1n) is 3.63. The van der Waals surface area contributed by atoms with Gasteiger partial charge in [-0.25, -0.2) is 8.42 Å². The van der Waals surface area contributed by atoms with Crippen LogP contribution in [0.15, 0.2) is 4.52 Å². The second kappa shape index (κ2) is 3.63. The maximum atomic E-state index is 10.6. The maximum Gasteiger partial charge on any atom is 0.243 e. The third kappa shape index (κ3) is 3.31. The van der Waals surface area contributed by atoms with Gasteiger partial charge < -0.3 is 4.52 Å². The zero-order valence-electron chi connectivity index (χ0n) is 7.19. The van der Waals surface area contributed by atoms with Crippen molar-refractivity contribution in [3.8, 4) is 0 Å². The van der Waals surface area contributed by atoms with Crippen LogP contribution in [0.5, 0.6) is 0 Å². The highest BCUT2D eigenvalue weighted by Crippen LogP contribution is 2.12. The Kier molecular flexibility index (Phi) is 2.92. The highest BCUT2D eigenvalue weighted by Gasteiger charge is 2.15. The molecule has 13 heavy (non-hydrogen) atoms. The molecule has 0 atom stereocenters. The fourth-order valence-corrected chi connectivity index (χ4v) is 1.40. The van der Waals surface area contributed by atoms with Crippen LogP contribution in [0.1, 0.15) is 31.5 Å². The fourth-order valence-electron chi connectivity index (χ4n) is 0.709. The van der Waals surface area contributed by atoms with Crippen LogP contribution in [-0.4, -0.2) is 18.6 Å². The van der Waals surface area contributed by atoms with Crippen molar-refractivity contribution in [3.05, 3.63) is 11.7 Å². The van der Waals surface area contributed by atoms with Gasteiger partial charge >= 0.3 is 0 Å². The number of nitrogens with zero attached hydrogens (tertiary/aromatic N) is 2. The monoisotopic (exact) mass is 224 g/mol. The standard InChI is InChI=1S/C6H9ClN2O3S/c1-4(2)6-8-5(12-9-6)3-13(7,10)11/h4H,3H2,1-2H3. The summed E-state index contributed by atoms with van der Waals surface area (Å²) in [5.41, 5.74) is 0. The molecule has 5 nitrogen and oxygen atoms in total. The second-order valence-electron chi connectivity index (χ2n) is 2.88. The topological polar surface area (TPSA) is 73.1 Å². The number of rotatable bonds is 3. The van der Waals surface area contributed by atoms with Crippen LogP contribution in [0.25, 0.3) is 0 Å². The second-order valence-corrected chi connectivity index (χ2v) is 5.66. The van der Waals surface area contributed by atoms with Crippen LogP contribution < -0.4 is 0 Å². The number of hydrogen-bond donors (Lipinski definition) is 0. The molecule has 0 amide bonds. The molecule has 0 aliphatic heterocycles. The van der Waals surface area contributed by atoms with Gasteiger partial charge in [-0.2, -0.15) is 4.98 Å². The van der Waals surface area contributed by atoms with Crippen molar-refractivity contribution in [1.82, 2.24) is 10.1 Å². The third-order valence-electron chi connectivity index (χ3n) is 1.30. The van der Waals surface area contributed by atoms with E-state index in [1.807, 2.05) is 13.8 Å². The molecule has 74 valence electrons. The van der Waals surface area contributed by atoms with Gasteiger partial charge in [0.2, 0.25) is 14.9 Å². The molecule has 0 bridgehead atoms. The summed E-state index contributed by atoms with van der Waals surface area (Å²) in [5, 5.41) is 3.59. The van der Waals surface area contributed by atoms with Gasteiger partial charge in [0.25, 0.3) is 0 Å². The average molecular weight is 225 g/mol. The van der Waals surface area contributed by atoms with E-state index in [2.05, 4.69) is 14.7 Å². The highest BCUT2D eigenvalue weighted by atomic mass is 35.7. The SMILES string of the molecule is CC(C)c1noc(CS(=O)(=O)Cl)n1. The molecule has 0 unspecified atom stereocenters. The largest absolute Gasteiger partial charge is 0.338 e. The first-order chi connectivity index (χ1) is 5.88. The fraction of sp³-hybridized carbons (Fsp3) is 0.667. The Morgan fingerprint density at radius 1 is 1.54 bits per heavy atom. The predicted molar refractivity (Wildman–Crippen MR) is 46.9 cm³/mol. The van der Waals surface area contributed by atoms with E-state index in [1.165, 1.54) is 0 Å². The van der Waals surface area contributed by atoms with Gasteiger partial charge in [0.15, 0.2) is 5.82 Å². The Morgan fingerprint density at radius 2 is 2.15 bits per heavy atom. The lowest BCUT2D eigenvalue weighted by atomic mass is 10.2. The van der Waals surface area contributed by atoms with E-state index in [9.17, 15) is 8.42 Å². The molecule has 1 aromatic rings. The zero-order chi connectivity index (χ0) is 10.1. The van der Waals surface area contributed by atoms with Crippen LogP contribution in [-0.2, 0) is 14.8 Å². The van der Waals surface area contributed by atoms with Crippen molar-refractivity contribution in [1.29, 1.82) is 0 Å². The van der Waals surface area contributed by atoms with E-state index >= 15 is 0 Å². The normalized spacial score (nSPS) is 12.3. The molecular weight excluding hydrogens is 216 g/mol. The van der Waals surface area contributed by atoms with Crippen LogP contribution in [0.3, 0.4) is 0 Å². The van der Waals surface area contributed by atoms with Crippen molar-refractivity contribution >= 4 is 19.7 Å². The van der Waals surface area contributed by atoms with Crippen molar-refractivity contribution in [2.24, 2.45) is 0 Å². The summed E-state index contributed by atoms with van der Waals surface area (Å²) in [6.07, 6.45) is 0. The molecule has 0 radical (unpaired) electrons. The van der Waals surface area contributed by atoms with E-state index in [4.69, 9.17) is 10.7 Å². The van der Waals surface area contributed by atoms with Crippen LogP contribution in [0.2, 0.25) is 0 Å². The Hall–Kier alpha value is -0.620. The van der Waals surface area contributed by atoms with Gasteiger partial charge in [-0.1, -0.05) is 19.0 Å². The molecule has 0 aromatic carbocycles. The number of hydrogen-bond acceptors (Lipinski definition) is 5. The van der Waals surface area contributed by atoms with Gasteiger partial charge in [0.1, 0.15) is 5.75 Å². The number of aromatic nitrogens is 2. The quantitative estimate of drug-likeness (QED) is 0.723. The van der Waals surface area contributed by atoms with Crippen molar-refractivity contribution in [2.45, 2.75) is 25.5 Å². The summed E-state index contributed by atoms with van der Waals surface area (Å²) in [7, 11) is 1.39. The zero-order valence-corrected chi connectivity index (χ0v) is 8.76. The lowest BCUT2D eigenvalue weighted by Gasteiger charge is -1.91. The molecule has 1 aromatic heterocycles. The van der Waals surface area contributed by atoms with Gasteiger partial charge in [-0.15, -0.1) is 0 Å². The van der Waals surface area contributed by atoms with Gasteiger partial charge in [0, 0.05) is 16.6 Å². The highest BCUT2D eigenvalue weighted by molar-refractivity contribution is 8.13. The minimum atomic E-state index is -3.61. The Balaban J connectivity index is 2.81. The Morgan fingerprint density at radius 3 is 2.54 bits per heavy atom. The van der Waals surface area contributed by atoms with Gasteiger partial charge in [-0.3, -0.25) is 0 Å². The molecule has 0 saturated carbocycles. The van der Waals surface area contributed by atoms with E-state index in [-0.39, 0.29) is 11.8 Å². The summed E-state index contributed by atoms with van der Waals surface area (Å²) in [5.74, 6) is 0.193. The molecule has 1 rings (SSSR count). The molecule has 7 heteroatoms. The first kappa shape index (κ1) is 10.5. The summed E-state index contributed by atoms with van der Waals surface area (Å²) < 4.78 is 25.9. The minimum absolute atomic E-state index is 0.0266. The van der Waals surface area contributed by atoms with E-state index in [0.717, 1.165) is 0 Å². The Bertz CT molecular complexity index is 384. The van der Waals surface area contributed by atoms with E-state index in [0.29, 0.717) is 5.82 Å². The average Bonchev–Trinajstić information content (AvgIpc) is 2.31. The summed E-state index contributed by atoms with van der Waals surface area (Å²) in [6, 6.07) is 0. The summed E-state index contributed by atoms with van der Waals surface area (Å²) >= 11 is 0. The van der Waals surface area contributed by atoms with Gasteiger partial charge in [-0.05, 0) is 0 Å². The predicted octanol–water partition coefficient (Wildman–Crippen LogP) is 1.26. The van der Waals surface area contributed by atoms with Crippen LogP contribution in [0, 0.1) is 0 Å². The van der Waals surface area contributed by atoms with Crippen molar-refractivity contribution in [2.75, 3.05) is 0 Å². The van der Waals surface area contributed by atoms with Gasteiger partial charge in [0.05, 0.1) is 0 Å². The first-order valence-corrected chi connectivity index (χ1v) is 6.11. The summed E-state index contributed by atoms with van der Waals surface area (Å²) in [6.45, 7) is 3.76. The lowest BCUT2D eigenvalue weighted by Crippen LogP contribution is -1.96.